The number of nitrogens with one attached hydrogen (secondary N) is 2. The molecule has 1 aliphatic rings. The predicted molar refractivity (Wildman–Crippen MR) is 138 cm³/mol. The monoisotopic (exact) mass is 467 g/mol. The number of nitrogens with zero attached hydrogens (tertiary/aromatic N) is 3. The normalized spacial score (nSPS) is 16.1. The van der Waals surface area contributed by atoms with Crippen LogP contribution in [0.3, 0.4) is 0 Å². The third-order valence-corrected chi connectivity index (χ3v) is 6.30. The van der Waals surface area contributed by atoms with Crippen LogP contribution in [0.25, 0.3) is 22.0 Å². The number of hydrogen-bond acceptors (Lipinski definition) is 5. The molecule has 1 aliphatic heterocycles. The van der Waals surface area contributed by atoms with Gasteiger partial charge in [-0.1, -0.05) is 48.5 Å². The minimum Gasteiger partial charge on any atom is -0.337 e. The summed E-state index contributed by atoms with van der Waals surface area (Å²) < 4.78 is 14.4. The Bertz CT molecular complexity index is 1390. The van der Waals surface area contributed by atoms with Crippen LogP contribution in [-0.2, 0) is 4.79 Å². The van der Waals surface area contributed by atoms with Crippen LogP contribution < -0.4 is 10.6 Å². The summed E-state index contributed by atoms with van der Waals surface area (Å²) in [7, 11) is 2.07. The molecule has 176 valence electrons. The molecule has 1 atom stereocenters. The van der Waals surface area contributed by atoms with Crippen LogP contribution in [-0.4, -0.2) is 40.4 Å². The SMILES string of the molecule is CN1CCCC1C=CC(=O)Nc1ccc2ncnc(Nc3ccccc3F)c2c1-c1ccccc1. The molecule has 6 nitrogen and oxygen atoms in total. The van der Waals surface area contributed by atoms with E-state index in [-0.39, 0.29) is 17.8 Å². The molecule has 3 aromatic carbocycles. The van der Waals surface area contributed by atoms with Crippen molar-refractivity contribution in [2.24, 2.45) is 0 Å². The molecule has 1 saturated heterocycles. The van der Waals surface area contributed by atoms with Crippen LogP contribution in [0, 0.1) is 5.82 Å². The molecular formula is C28H26FN5O. The van der Waals surface area contributed by atoms with E-state index in [2.05, 4.69) is 32.5 Å². The smallest absolute Gasteiger partial charge is 0.248 e. The zero-order valence-corrected chi connectivity index (χ0v) is 19.4. The zero-order chi connectivity index (χ0) is 24.2. The molecule has 7 heteroatoms. The summed E-state index contributed by atoms with van der Waals surface area (Å²) in [6, 6.07) is 20.1. The first kappa shape index (κ1) is 22.7. The van der Waals surface area contributed by atoms with Crippen molar-refractivity contribution in [3.63, 3.8) is 0 Å². The average molecular weight is 468 g/mol. The highest BCUT2D eigenvalue weighted by Crippen LogP contribution is 2.39. The highest BCUT2D eigenvalue weighted by atomic mass is 19.1. The molecule has 0 radical (unpaired) electrons. The molecule has 4 aromatic rings. The van der Waals surface area contributed by atoms with Crippen LogP contribution in [0.15, 0.2) is 85.2 Å². The first-order chi connectivity index (χ1) is 17.1. The van der Waals surface area contributed by atoms with Crippen LogP contribution in [0.2, 0.25) is 0 Å². The zero-order valence-electron chi connectivity index (χ0n) is 19.4. The number of aromatic nitrogens is 2. The van der Waals surface area contributed by atoms with Crippen molar-refractivity contribution in [3.05, 3.63) is 91.0 Å². The first-order valence-corrected chi connectivity index (χ1v) is 11.6. The van der Waals surface area contributed by atoms with Crippen molar-refractivity contribution in [2.75, 3.05) is 24.2 Å². The number of hydrogen-bond donors (Lipinski definition) is 2. The van der Waals surface area contributed by atoms with Crippen molar-refractivity contribution >= 4 is 34.0 Å². The molecule has 2 heterocycles. The summed E-state index contributed by atoms with van der Waals surface area (Å²) in [5, 5.41) is 6.85. The van der Waals surface area contributed by atoms with Crippen molar-refractivity contribution < 1.29 is 9.18 Å². The quantitative estimate of drug-likeness (QED) is 0.353. The number of anilines is 3. The van der Waals surface area contributed by atoms with Gasteiger partial charge in [0.15, 0.2) is 0 Å². The Morgan fingerprint density at radius 2 is 1.83 bits per heavy atom. The van der Waals surface area contributed by atoms with E-state index in [1.165, 1.54) is 12.4 Å². The molecule has 0 saturated carbocycles. The van der Waals surface area contributed by atoms with Gasteiger partial charge in [-0.2, -0.15) is 0 Å². The second-order valence-corrected chi connectivity index (χ2v) is 8.61. The molecule has 1 unspecified atom stereocenters. The van der Waals surface area contributed by atoms with Gasteiger partial charge < -0.3 is 10.6 Å². The van der Waals surface area contributed by atoms with Crippen molar-refractivity contribution in [1.82, 2.24) is 14.9 Å². The van der Waals surface area contributed by atoms with Crippen molar-refractivity contribution in [3.8, 4) is 11.1 Å². The molecule has 0 spiro atoms. The summed E-state index contributed by atoms with van der Waals surface area (Å²) in [6.45, 7) is 1.04. The van der Waals surface area contributed by atoms with Crippen molar-refractivity contribution in [2.45, 2.75) is 18.9 Å². The van der Waals surface area contributed by atoms with Gasteiger partial charge in [-0.25, -0.2) is 14.4 Å². The van der Waals surface area contributed by atoms with Gasteiger partial charge in [-0.3, -0.25) is 9.69 Å². The van der Waals surface area contributed by atoms with Crippen LogP contribution in [0.1, 0.15) is 12.8 Å². The summed E-state index contributed by atoms with van der Waals surface area (Å²) >= 11 is 0. The lowest BCUT2D eigenvalue weighted by Crippen LogP contribution is -2.23. The third-order valence-electron chi connectivity index (χ3n) is 6.30. The Morgan fingerprint density at radius 1 is 1.03 bits per heavy atom. The average Bonchev–Trinajstić information content (AvgIpc) is 3.29. The fourth-order valence-electron chi connectivity index (χ4n) is 4.50. The number of fused-ring (bicyclic) bond motifs is 1. The van der Waals surface area contributed by atoms with Gasteiger partial charge in [0, 0.05) is 23.4 Å². The lowest BCUT2D eigenvalue weighted by Gasteiger charge is -2.17. The maximum Gasteiger partial charge on any atom is 0.248 e. The number of carbonyl (C=O) groups is 1. The number of benzene rings is 3. The molecule has 1 aromatic heterocycles. The lowest BCUT2D eigenvalue weighted by molar-refractivity contribution is -0.111. The lowest BCUT2D eigenvalue weighted by atomic mass is 9.98. The Labute approximate surface area is 203 Å². The van der Waals surface area contributed by atoms with E-state index in [0.717, 1.165) is 30.5 Å². The van der Waals surface area contributed by atoms with E-state index in [1.807, 2.05) is 48.5 Å². The Kier molecular flexibility index (Phi) is 6.50. The van der Waals surface area contributed by atoms with E-state index in [1.54, 1.807) is 24.3 Å². The van der Waals surface area contributed by atoms with Gasteiger partial charge in [0.05, 0.1) is 16.6 Å². The van der Waals surface area contributed by atoms with Gasteiger partial charge in [-0.15, -0.1) is 0 Å². The summed E-state index contributed by atoms with van der Waals surface area (Å²) in [4.78, 5) is 24.0. The standard InChI is InChI=1S/C28H26FN5O/c1-34-17-7-10-20(34)13-16-25(35)32-24-15-14-23-27(26(24)19-8-3-2-4-9-19)28(31-18-30-23)33-22-12-6-5-11-21(22)29/h2-6,8-9,11-16,18,20H,7,10,17H2,1H3,(H,32,35)(H,30,31,33). The largest absolute Gasteiger partial charge is 0.337 e. The number of carbonyl (C=O) groups excluding carboxylic acids is 1. The van der Waals surface area contributed by atoms with E-state index in [4.69, 9.17) is 0 Å². The highest BCUT2D eigenvalue weighted by molar-refractivity contribution is 6.11. The minimum absolute atomic E-state index is 0.206. The van der Waals surface area contributed by atoms with E-state index >= 15 is 0 Å². The van der Waals surface area contributed by atoms with Crippen LogP contribution >= 0.6 is 0 Å². The molecule has 1 fully saturated rings. The van der Waals surface area contributed by atoms with E-state index in [0.29, 0.717) is 28.1 Å². The fourth-order valence-corrected chi connectivity index (χ4v) is 4.50. The van der Waals surface area contributed by atoms with Crippen molar-refractivity contribution in [1.29, 1.82) is 0 Å². The third kappa shape index (κ3) is 4.90. The molecule has 5 rings (SSSR count). The maximum absolute atomic E-state index is 14.4. The number of amides is 1. The molecular weight excluding hydrogens is 441 g/mol. The Morgan fingerprint density at radius 3 is 2.60 bits per heavy atom. The van der Waals surface area contributed by atoms with Crippen LogP contribution in [0.5, 0.6) is 0 Å². The topological polar surface area (TPSA) is 70.2 Å². The van der Waals surface area contributed by atoms with E-state index < -0.39 is 0 Å². The molecule has 0 bridgehead atoms. The predicted octanol–water partition coefficient (Wildman–Crippen LogP) is 5.77. The molecule has 1 amide bonds. The summed E-state index contributed by atoms with van der Waals surface area (Å²) in [5.41, 5.74) is 3.27. The Hall–Kier alpha value is -4.10. The number of likely N-dealkylation sites (tertiary alicyclic amines) is 1. The summed E-state index contributed by atoms with van der Waals surface area (Å²) in [5.74, 6) is -0.132. The number of para-hydroxylation sites is 1. The number of rotatable bonds is 6. The summed E-state index contributed by atoms with van der Waals surface area (Å²) in [6.07, 6.45) is 7.19. The molecule has 0 aliphatic carbocycles. The second-order valence-electron chi connectivity index (χ2n) is 8.61. The van der Waals surface area contributed by atoms with Crippen LogP contribution in [0.4, 0.5) is 21.6 Å². The minimum atomic E-state index is -0.382. The van der Waals surface area contributed by atoms with Gasteiger partial charge >= 0.3 is 0 Å². The van der Waals surface area contributed by atoms with E-state index in [9.17, 15) is 9.18 Å². The van der Waals surface area contributed by atoms with Gasteiger partial charge in [-0.05, 0) is 56.3 Å². The van der Waals surface area contributed by atoms with Gasteiger partial charge in [0.2, 0.25) is 5.91 Å². The second kappa shape index (κ2) is 10.0. The fraction of sp³-hybridized carbons (Fsp3) is 0.179. The van der Waals surface area contributed by atoms with Gasteiger partial charge in [0.1, 0.15) is 18.0 Å². The Balaban J connectivity index is 1.58. The molecule has 35 heavy (non-hydrogen) atoms. The maximum atomic E-state index is 14.4. The molecule has 2 N–H and O–H groups in total. The highest BCUT2D eigenvalue weighted by Gasteiger charge is 2.19. The number of likely N-dealkylation sites (N-methyl/N-ethyl adjacent to an activating group) is 1. The van der Waals surface area contributed by atoms with Gasteiger partial charge in [0.25, 0.3) is 0 Å². The first-order valence-electron chi connectivity index (χ1n) is 11.6. The number of halogens is 1.